The summed E-state index contributed by atoms with van der Waals surface area (Å²) in [5, 5.41) is 7.26. The fourth-order valence-electron chi connectivity index (χ4n) is 8.18. The lowest BCUT2D eigenvalue weighted by atomic mass is 10.1. The van der Waals surface area contributed by atoms with Gasteiger partial charge >= 0.3 is 0 Å². The first-order valence-corrected chi connectivity index (χ1v) is 19.6. The van der Waals surface area contributed by atoms with Gasteiger partial charge < -0.3 is 9.80 Å². The highest BCUT2D eigenvalue weighted by Crippen LogP contribution is 2.41. The van der Waals surface area contributed by atoms with Crippen LogP contribution in [0.5, 0.6) is 0 Å². The zero-order chi connectivity index (χ0) is 37.0. The Balaban J connectivity index is 1.33. The van der Waals surface area contributed by atoms with Crippen molar-refractivity contribution in [3.8, 4) is 5.82 Å². The highest BCUT2D eigenvalue weighted by atomic mass is 28.3. The van der Waals surface area contributed by atoms with E-state index in [2.05, 4.69) is 174 Å². The van der Waals surface area contributed by atoms with E-state index >= 15 is 0 Å². The summed E-state index contributed by atoms with van der Waals surface area (Å²) in [6, 6.07) is 58.8. The second-order valence-corrected chi connectivity index (χ2v) is 17.5. The molecule has 248 valence electrons. The molecule has 0 amide bonds. The van der Waals surface area contributed by atoms with Gasteiger partial charge in [-0.25, -0.2) is 4.98 Å². The number of nitrogens with zero attached hydrogens (tertiary/aromatic N) is 4. The van der Waals surface area contributed by atoms with E-state index in [1.54, 1.807) is 18.3 Å². The van der Waals surface area contributed by atoms with Crippen molar-refractivity contribution in [2.75, 3.05) is 16.5 Å². The lowest BCUT2D eigenvalue weighted by Crippen LogP contribution is -2.74. The van der Waals surface area contributed by atoms with Crippen molar-refractivity contribution in [2.45, 2.75) is 26.7 Å². The fourth-order valence-corrected chi connectivity index (χ4v) is 13.0. The minimum Gasteiger partial charge on any atom is -0.349 e. The van der Waals surface area contributed by atoms with Crippen molar-refractivity contribution < 1.29 is 4.11 Å². The van der Waals surface area contributed by atoms with E-state index < -0.39 is 14.9 Å². The van der Waals surface area contributed by atoms with Gasteiger partial charge in [0.1, 0.15) is 5.82 Å². The van der Waals surface area contributed by atoms with E-state index in [1.807, 2.05) is 6.07 Å². The predicted molar refractivity (Wildman–Crippen MR) is 218 cm³/mol. The van der Waals surface area contributed by atoms with Gasteiger partial charge in [-0.2, -0.15) is 0 Å². The number of anilines is 3. The average Bonchev–Trinajstić information content (AvgIpc) is 3.76. The molecular formula is C46H40N4Si. The van der Waals surface area contributed by atoms with E-state index in [0.717, 1.165) is 34.2 Å². The van der Waals surface area contributed by atoms with Crippen LogP contribution >= 0.6 is 0 Å². The van der Waals surface area contributed by atoms with Crippen LogP contribution in [-0.2, 0) is 0 Å². The average molecular weight is 680 g/mol. The van der Waals surface area contributed by atoms with Gasteiger partial charge in [0, 0.05) is 32.8 Å². The quantitative estimate of drug-likeness (QED) is 0.125. The van der Waals surface area contributed by atoms with Gasteiger partial charge in [-0.1, -0.05) is 115 Å². The number of para-hydroxylation sites is 3. The third-order valence-electron chi connectivity index (χ3n) is 10.5. The molecule has 0 N–H and O–H groups in total. The van der Waals surface area contributed by atoms with Crippen molar-refractivity contribution in [3.05, 3.63) is 176 Å². The largest absolute Gasteiger partial charge is 0.349 e. The summed E-state index contributed by atoms with van der Waals surface area (Å²) >= 11 is 0. The first kappa shape index (κ1) is 27.9. The van der Waals surface area contributed by atoms with Crippen LogP contribution in [0.1, 0.15) is 23.5 Å². The molecule has 0 spiro atoms. The molecule has 0 bridgehead atoms. The standard InChI is InChI=1S/C46H40N4Si/c1-33(2)48-32-49(44-24-13-12-23-43(44)48)35-15-14-20-38(30-35)51(36-16-6-4-7-17-36,37-18-8-5-9-19-37)39-25-26-41-40-21-10-11-22-42(40)50(45(41)31-39)46-29-34(3)27-28-47-46/h4-31,33H,32H2,1-3H3/i3D3. The van der Waals surface area contributed by atoms with Gasteiger partial charge in [0.2, 0.25) is 0 Å². The topological polar surface area (TPSA) is 24.3 Å². The Hall–Kier alpha value is -5.91. The van der Waals surface area contributed by atoms with E-state index in [1.165, 1.54) is 32.1 Å². The monoisotopic (exact) mass is 679 g/mol. The van der Waals surface area contributed by atoms with E-state index in [9.17, 15) is 0 Å². The van der Waals surface area contributed by atoms with Crippen LogP contribution in [0.25, 0.3) is 27.6 Å². The van der Waals surface area contributed by atoms with Crippen LogP contribution in [0.4, 0.5) is 17.1 Å². The molecule has 8 aromatic rings. The van der Waals surface area contributed by atoms with Crippen molar-refractivity contribution in [1.82, 2.24) is 9.55 Å². The normalized spacial score (nSPS) is 14.1. The SMILES string of the molecule is [2H]C([2H])([2H])c1ccnc(-n2c3ccccc3c3ccc([Si](c4ccccc4)(c4ccccc4)c4cccc(N5CN(C(C)C)c6ccccc65)c4)cc32)c1. The number of hydrogen-bond acceptors (Lipinski definition) is 3. The van der Waals surface area contributed by atoms with E-state index in [-0.39, 0.29) is 5.56 Å². The molecule has 0 radical (unpaired) electrons. The fraction of sp³-hybridized carbons (Fsp3) is 0.109. The van der Waals surface area contributed by atoms with Crippen molar-refractivity contribution >= 4 is 67.7 Å². The molecule has 0 unspecified atom stereocenters. The molecule has 9 rings (SSSR count). The molecule has 4 nitrogen and oxygen atoms in total. The number of fused-ring (bicyclic) bond motifs is 4. The molecule has 0 atom stereocenters. The lowest BCUT2D eigenvalue weighted by Gasteiger charge is -2.35. The molecule has 0 saturated heterocycles. The minimum absolute atomic E-state index is 0.267. The molecule has 3 heterocycles. The number of hydrogen-bond donors (Lipinski definition) is 0. The molecule has 0 saturated carbocycles. The van der Waals surface area contributed by atoms with Gasteiger partial charge in [0.15, 0.2) is 8.07 Å². The van der Waals surface area contributed by atoms with Crippen LogP contribution in [0, 0.1) is 6.85 Å². The second-order valence-electron chi connectivity index (χ2n) is 13.6. The summed E-state index contributed by atoms with van der Waals surface area (Å²) in [5.41, 5.74) is 5.87. The third-order valence-corrected chi connectivity index (χ3v) is 15.2. The zero-order valence-corrected chi connectivity index (χ0v) is 29.7. The number of benzene rings is 6. The molecule has 0 aliphatic carbocycles. The number of rotatable bonds is 7. The van der Waals surface area contributed by atoms with Gasteiger partial charge in [-0.3, -0.25) is 4.57 Å². The van der Waals surface area contributed by atoms with E-state index in [4.69, 9.17) is 9.10 Å². The van der Waals surface area contributed by atoms with Gasteiger partial charge in [0.05, 0.1) is 29.1 Å². The molecule has 2 aromatic heterocycles. The van der Waals surface area contributed by atoms with Crippen molar-refractivity contribution in [2.24, 2.45) is 0 Å². The minimum atomic E-state index is -3.01. The Morgan fingerprint density at radius 2 is 1.24 bits per heavy atom. The maximum atomic E-state index is 8.17. The lowest BCUT2D eigenvalue weighted by molar-refractivity contribution is 0.709. The number of aromatic nitrogens is 2. The maximum Gasteiger partial charge on any atom is 0.179 e. The van der Waals surface area contributed by atoms with Crippen LogP contribution < -0.4 is 30.5 Å². The molecule has 6 aromatic carbocycles. The molecule has 1 aliphatic rings. The Bertz CT molecular complexity index is 2600. The summed E-state index contributed by atoms with van der Waals surface area (Å²) in [5.74, 6) is 0.586. The highest BCUT2D eigenvalue weighted by molar-refractivity contribution is 7.20. The van der Waals surface area contributed by atoms with Crippen molar-refractivity contribution in [3.63, 3.8) is 0 Å². The molecule has 1 aliphatic heterocycles. The van der Waals surface area contributed by atoms with Crippen molar-refractivity contribution in [1.29, 1.82) is 0 Å². The Labute approximate surface area is 305 Å². The molecule has 0 fully saturated rings. The van der Waals surface area contributed by atoms with E-state index in [0.29, 0.717) is 11.9 Å². The van der Waals surface area contributed by atoms with Gasteiger partial charge in [0.25, 0.3) is 0 Å². The van der Waals surface area contributed by atoms with Crippen LogP contribution in [-0.4, -0.2) is 30.3 Å². The van der Waals surface area contributed by atoms with Crippen LogP contribution in [0.3, 0.4) is 0 Å². The number of aryl methyl sites for hydroxylation is 1. The second kappa shape index (κ2) is 12.4. The first-order chi connectivity index (χ1) is 26.2. The summed E-state index contributed by atoms with van der Waals surface area (Å²) in [4.78, 5) is 9.67. The number of pyridine rings is 1. The first-order valence-electron chi connectivity index (χ1n) is 19.1. The summed E-state index contributed by atoms with van der Waals surface area (Å²) in [7, 11) is -3.01. The van der Waals surface area contributed by atoms with Gasteiger partial charge in [-0.15, -0.1) is 0 Å². The molecular weight excluding hydrogens is 637 g/mol. The Morgan fingerprint density at radius 1 is 0.588 bits per heavy atom. The van der Waals surface area contributed by atoms with Crippen LogP contribution in [0.15, 0.2) is 170 Å². The third kappa shape index (κ3) is 4.99. The molecule has 5 heteroatoms. The maximum absolute atomic E-state index is 8.17. The Kier molecular flexibility index (Phi) is 6.80. The highest BCUT2D eigenvalue weighted by Gasteiger charge is 2.42. The van der Waals surface area contributed by atoms with Crippen LogP contribution in [0.2, 0.25) is 0 Å². The van der Waals surface area contributed by atoms with Gasteiger partial charge in [-0.05, 0) is 95.5 Å². The summed E-state index contributed by atoms with van der Waals surface area (Å²) < 4.78 is 26.6. The molecule has 51 heavy (non-hydrogen) atoms. The zero-order valence-electron chi connectivity index (χ0n) is 31.7. The smallest absolute Gasteiger partial charge is 0.179 e. The summed E-state index contributed by atoms with van der Waals surface area (Å²) in [6.07, 6.45) is 1.61. The predicted octanol–water partition coefficient (Wildman–Crippen LogP) is 8.19. The Morgan fingerprint density at radius 3 is 1.98 bits per heavy atom. The summed E-state index contributed by atoms with van der Waals surface area (Å²) in [6.45, 7) is 3.03.